The minimum atomic E-state index is -0.0606. The number of nitrogens with one attached hydrogen (secondary N) is 1. The lowest BCUT2D eigenvalue weighted by Gasteiger charge is -2.36. The van der Waals surface area contributed by atoms with E-state index in [1.807, 2.05) is 41.3 Å². The molecule has 7 heteroatoms. The largest absolute Gasteiger partial charge is 0.369 e. The number of anilines is 2. The average molecular weight is 521 g/mol. The first-order valence-corrected chi connectivity index (χ1v) is 13.5. The molecule has 39 heavy (non-hydrogen) atoms. The Labute approximate surface area is 230 Å². The first-order valence-electron chi connectivity index (χ1n) is 13.5. The Bertz CT molecular complexity index is 1390. The van der Waals surface area contributed by atoms with Gasteiger partial charge < -0.3 is 14.6 Å². The van der Waals surface area contributed by atoms with Gasteiger partial charge >= 0.3 is 0 Å². The molecule has 1 fully saturated rings. The number of carbonyl (C=O) groups excluding carboxylic acids is 1. The van der Waals surface area contributed by atoms with Crippen LogP contribution in [0.5, 0.6) is 0 Å². The van der Waals surface area contributed by atoms with Crippen molar-refractivity contribution in [2.75, 3.05) is 56.0 Å². The molecule has 0 bridgehead atoms. The third-order valence-corrected chi connectivity index (χ3v) is 7.08. The van der Waals surface area contributed by atoms with Gasteiger partial charge in [-0.2, -0.15) is 0 Å². The SMILES string of the molecule is C=CCN(CC=C)CC(=O)Nc1ccc(-c2nc3ccccn3c2CN2CCN(c3ccccc3)CC2)cc1. The highest BCUT2D eigenvalue weighted by Crippen LogP contribution is 2.28. The summed E-state index contributed by atoms with van der Waals surface area (Å²) in [5, 5.41) is 3.00. The van der Waals surface area contributed by atoms with Crippen molar-refractivity contribution in [1.29, 1.82) is 0 Å². The average Bonchev–Trinajstić information content (AvgIpc) is 3.33. The number of rotatable bonds is 11. The summed E-state index contributed by atoms with van der Waals surface area (Å²) in [4.78, 5) is 24.5. The van der Waals surface area contributed by atoms with E-state index in [2.05, 4.69) is 75.3 Å². The quantitative estimate of drug-likeness (QED) is 0.284. The molecule has 0 saturated carbocycles. The van der Waals surface area contributed by atoms with Crippen LogP contribution in [0.2, 0.25) is 0 Å². The zero-order valence-corrected chi connectivity index (χ0v) is 22.4. The van der Waals surface area contributed by atoms with E-state index < -0.39 is 0 Å². The molecule has 4 aromatic rings. The number of nitrogens with zero attached hydrogens (tertiary/aromatic N) is 5. The van der Waals surface area contributed by atoms with Crippen LogP contribution in [-0.2, 0) is 11.3 Å². The molecule has 1 amide bonds. The van der Waals surface area contributed by atoms with Gasteiger partial charge in [0.15, 0.2) is 0 Å². The molecule has 2 aromatic carbocycles. The van der Waals surface area contributed by atoms with Gasteiger partial charge in [-0.25, -0.2) is 4.98 Å². The van der Waals surface area contributed by atoms with Gasteiger partial charge in [0, 0.05) is 68.9 Å². The fourth-order valence-corrected chi connectivity index (χ4v) is 5.13. The molecule has 0 radical (unpaired) electrons. The molecule has 1 N–H and O–H groups in total. The number of hydrogen-bond donors (Lipinski definition) is 1. The van der Waals surface area contributed by atoms with Gasteiger partial charge in [-0.05, 0) is 36.4 Å². The molecule has 7 nitrogen and oxygen atoms in total. The highest BCUT2D eigenvalue weighted by Gasteiger charge is 2.21. The zero-order chi connectivity index (χ0) is 27.0. The normalized spacial score (nSPS) is 14.0. The van der Waals surface area contributed by atoms with Crippen LogP contribution in [0.15, 0.2) is 104 Å². The Morgan fingerprint density at radius 2 is 1.59 bits per heavy atom. The molecular weight excluding hydrogens is 484 g/mol. The molecule has 2 aromatic heterocycles. The predicted octanol–water partition coefficient (Wildman–Crippen LogP) is 4.94. The lowest BCUT2D eigenvalue weighted by molar-refractivity contribution is -0.117. The summed E-state index contributed by atoms with van der Waals surface area (Å²) >= 11 is 0. The monoisotopic (exact) mass is 520 g/mol. The Morgan fingerprint density at radius 1 is 0.897 bits per heavy atom. The summed E-state index contributed by atoms with van der Waals surface area (Å²) in [6, 6.07) is 24.7. The number of piperazine rings is 1. The zero-order valence-electron chi connectivity index (χ0n) is 22.4. The van der Waals surface area contributed by atoms with Crippen molar-refractivity contribution in [3.63, 3.8) is 0 Å². The standard InChI is InChI=1S/C32H36N6O/c1-3-17-35(18-4-2)25-31(39)33-27-15-13-26(14-16-27)32-29(38-19-9-8-12-30(38)34-32)24-36-20-22-37(23-21-36)28-10-6-5-7-11-28/h3-16,19H,1-2,17-18,20-25H2,(H,33,39). The van der Waals surface area contributed by atoms with Gasteiger partial charge in [0.05, 0.1) is 17.9 Å². The Balaban J connectivity index is 1.29. The maximum Gasteiger partial charge on any atom is 0.238 e. The summed E-state index contributed by atoms with van der Waals surface area (Å²) < 4.78 is 2.20. The molecule has 0 atom stereocenters. The second-order valence-corrected chi connectivity index (χ2v) is 9.83. The fourth-order valence-electron chi connectivity index (χ4n) is 5.13. The van der Waals surface area contributed by atoms with Crippen LogP contribution in [0.3, 0.4) is 0 Å². The lowest BCUT2D eigenvalue weighted by atomic mass is 10.1. The highest BCUT2D eigenvalue weighted by molar-refractivity contribution is 5.92. The van der Waals surface area contributed by atoms with Gasteiger partial charge in [-0.3, -0.25) is 14.6 Å². The minimum Gasteiger partial charge on any atom is -0.369 e. The topological polar surface area (TPSA) is 56.1 Å². The number of fused-ring (bicyclic) bond motifs is 1. The van der Waals surface area contributed by atoms with Crippen molar-refractivity contribution in [2.45, 2.75) is 6.54 Å². The van der Waals surface area contributed by atoms with Crippen molar-refractivity contribution >= 4 is 22.9 Å². The maximum absolute atomic E-state index is 12.6. The summed E-state index contributed by atoms with van der Waals surface area (Å²) in [6.07, 6.45) is 5.68. The van der Waals surface area contributed by atoms with Gasteiger partial charge in [-0.1, -0.05) is 48.6 Å². The van der Waals surface area contributed by atoms with E-state index in [-0.39, 0.29) is 12.5 Å². The molecule has 1 saturated heterocycles. The van der Waals surface area contributed by atoms with E-state index in [1.54, 1.807) is 12.2 Å². The maximum atomic E-state index is 12.6. The van der Waals surface area contributed by atoms with E-state index in [0.29, 0.717) is 13.1 Å². The first-order chi connectivity index (χ1) is 19.1. The smallest absolute Gasteiger partial charge is 0.238 e. The van der Waals surface area contributed by atoms with E-state index in [9.17, 15) is 4.79 Å². The number of imidazole rings is 1. The molecule has 0 spiro atoms. The highest BCUT2D eigenvalue weighted by atomic mass is 16.2. The van der Waals surface area contributed by atoms with Crippen molar-refractivity contribution in [2.24, 2.45) is 0 Å². The second kappa shape index (κ2) is 12.6. The summed E-state index contributed by atoms with van der Waals surface area (Å²) in [5.41, 5.74) is 6.19. The van der Waals surface area contributed by atoms with Crippen LogP contribution in [0.1, 0.15) is 5.69 Å². The van der Waals surface area contributed by atoms with E-state index in [0.717, 1.165) is 55.3 Å². The second-order valence-electron chi connectivity index (χ2n) is 9.83. The number of hydrogen-bond acceptors (Lipinski definition) is 5. The molecule has 3 heterocycles. The van der Waals surface area contributed by atoms with E-state index >= 15 is 0 Å². The summed E-state index contributed by atoms with van der Waals surface area (Å²) in [5.74, 6) is -0.0606. The van der Waals surface area contributed by atoms with Gasteiger partial charge in [0.2, 0.25) is 5.91 Å². The molecular formula is C32H36N6O. The third kappa shape index (κ3) is 6.45. The Morgan fingerprint density at radius 3 is 2.28 bits per heavy atom. The molecule has 200 valence electrons. The molecule has 0 aliphatic carbocycles. The van der Waals surface area contributed by atoms with Crippen molar-refractivity contribution in [1.82, 2.24) is 19.2 Å². The number of carbonyl (C=O) groups is 1. The fraction of sp³-hybridized carbons (Fsp3) is 0.250. The number of benzene rings is 2. The number of pyridine rings is 1. The number of para-hydroxylation sites is 1. The lowest BCUT2D eigenvalue weighted by Crippen LogP contribution is -2.46. The number of amides is 1. The molecule has 1 aliphatic heterocycles. The van der Waals surface area contributed by atoms with Crippen LogP contribution in [-0.4, -0.2) is 70.9 Å². The van der Waals surface area contributed by atoms with Crippen LogP contribution < -0.4 is 10.2 Å². The van der Waals surface area contributed by atoms with Crippen LogP contribution in [0.25, 0.3) is 16.9 Å². The molecule has 1 aliphatic rings. The summed E-state index contributed by atoms with van der Waals surface area (Å²) in [6.45, 7) is 13.9. The van der Waals surface area contributed by atoms with Gasteiger partial charge in [0.25, 0.3) is 0 Å². The van der Waals surface area contributed by atoms with Crippen molar-refractivity contribution < 1.29 is 4.79 Å². The Hall–Kier alpha value is -4.20. The Kier molecular flexibility index (Phi) is 8.51. The minimum absolute atomic E-state index is 0.0606. The van der Waals surface area contributed by atoms with Crippen LogP contribution >= 0.6 is 0 Å². The first kappa shape index (κ1) is 26.4. The van der Waals surface area contributed by atoms with E-state index in [1.165, 1.54) is 11.4 Å². The van der Waals surface area contributed by atoms with Crippen LogP contribution in [0.4, 0.5) is 11.4 Å². The summed E-state index contributed by atoms with van der Waals surface area (Å²) in [7, 11) is 0. The van der Waals surface area contributed by atoms with Gasteiger partial charge in [0.1, 0.15) is 5.65 Å². The van der Waals surface area contributed by atoms with Crippen molar-refractivity contribution in [3.05, 3.63) is 110 Å². The molecule has 0 unspecified atom stereocenters. The van der Waals surface area contributed by atoms with E-state index in [4.69, 9.17) is 4.98 Å². The van der Waals surface area contributed by atoms with Crippen molar-refractivity contribution in [3.8, 4) is 11.3 Å². The predicted molar refractivity (Wildman–Crippen MR) is 160 cm³/mol. The van der Waals surface area contributed by atoms with Gasteiger partial charge in [-0.15, -0.1) is 13.2 Å². The van der Waals surface area contributed by atoms with Crippen LogP contribution in [0, 0.1) is 0 Å². The molecule has 5 rings (SSSR count). The number of aromatic nitrogens is 2. The third-order valence-electron chi connectivity index (χ3n) is 7.08.